The molecular weight excluding hydrogens is 392 g/mol. The van der Waals surface area contributed by atoms with Crippen LogP contribution in [0.5, 0.6) is 0 Å². The lowest BCUT2D eigenvalue weighted by Gasteiger charge is -2.20. The van der Waals surface area contributed by atoms with Gasteiger partial charge in [-0.3, -0.25) is 9.59 Å². The first-order valence-electron chi connectivity index (χ1n) is 10.2. The first-order chi connectivity index (χ1) is 15.1. The van der Waals surface area contributed by atoms with Crippen LogP contribution in [-0.4, -0.2) is 52.9 Å². The number of nitrogens with two attached hydrogens (primary N) is 1. The Balaban J connectivity index is 0.00000193. The summed E-state index contributed by atoms with van der Waals surface area (Å²) in [6.07, 6.45) is 2.46. The first kappa shape index (κ1) is 20.5. The van der Waals surface area contributed by atoms with E-state index in [1.807, 2.05) is 35.2 Å². The van der Waals surface area contributed by atoms with Crippen molar-refractivity contribution in [2.45, 2.75) is 6.42 Å². The second-order valence-electron chi connectivity index (χ2n) is 7.28. The Bertz CT molecular complexity index is 1080. The van der Waals surface area contributed by atoms with Gasteiger partial charge in [0.05, 0.1) is 11.9 Å². The summed E-state index contributed by atoms with van der Waals surface area (Å²) < 4.78 is 0. The lowest BCUT2D eigenvalue weighted by atomic mass is 10.1. The van der Waals surface area contributed by atoms with Crippen LogP contribution in [0.1, 0.15) is 31.5 Å². The number of aromatic nitrogens is 2. The molecule has 1 aliphatic heterocycles. The molecule has 4 rings (SSSR count). The minimum Gasteiger partial charge on any atom is -0.382 e. The molecule has 8 heteroatoms. The van der Waals surface area contributed by atoms with Gasteiger partial charge < -0.3 is 21.3 Å². The maximum absolute atomic E-state index is 12.8. The lowest BCUT2D eigenvalue weighted by molar-refractivity contribution is 0.0766. The highest BCUT2D eigenvalue weighted by Crippen LogP contribution is 2.21. The van der Waals surface area contributed by atoms with Crippen LogP contribution in [-0.2, 0) is 0 Å². The molecule has 0 atom stereocenters. The number of carbonyl (C=O) groups is 2. The van der Waals surface area contributed by atoms with Crippen LogP contribution in [0.4, 0.5) is 11.5 Å². The summed E-state index contributed by atoms with van der Waals surface area (Å²) in [5, 5.41) is 6.06. The number of amides is 2. The summed E-state index contributed by atoms with van der Waals surface area (Å²) >= 11 is 0. The third-order valence-corrected chi connectivity index (χ3v) is 5.10. The molecule has 1 fully saturated rings. The summed E-state index contributed by atoms with van der Waals surface area (Å²) in [6.45, 7) is 3.18. The zero-order valence-electron chi connectivity index (χ0n) is 17.0. The standard InChI is InChI=1S/C23H24N6O2.3H2/c24-21-20(22(30)27-18-5-2-1-3-6-18)28-19(15-26-21)16-7-9-17(10-8-16)23(31)29-13-4-11-25-12-14-29;;;/h1-3,5-10,15,25H,4,11-14H2,(H2,24,26)(H,27,30);3*1H. The molecule has 0 spiro atoms. The van der Waals surface area contributed by atoms with Gasteiger partial charge in [-0.05, 0) is 37.2 Å². The molecule has 2 amide bonds. The second-order valence-corrected chi connectivity index (χ2v) is 7.28. The van der Waals surface area contributed by atoms with Gasteiger partial charge >= 0.3 is 0 Å². The molecule has 0 radical (unpaired) electrons. The van der Waals surface area contributed by atoms with Crippen LogP contribution in [0, 0.1) is 0 Å². The Morgan fingerprint density at radius 3 is 2.58 bits per heavy atom. The van der Waals surface area contributed by atoms with Crippen molar-refractivity contribution in [2.75, 3.05) is 37.2 Å². The van der Waals surface area contributed by atoms with Crippen molar-refractivity contribution < 1.29 is 13.9 Å². The van der Waals surface area contributed by atoms with Crippen molar-refractivity contribution in [3.63, 3.8) is 0 Å². The summed E-state index contributed by atoms with van der Waals surface area (Å²) in [5.74, 6) is -0.361. The average molecular weight is 423 g/mol. The maximum Gasteiger partial charge on any atom is 0.278 e. The molecule has 1 aromatic heterocycles. The molecule has 2 heterocycles. The average Bonchev–Trinajstić information content (AvgIpc) is 3.09. The molecule has 0 unspecified atom stereocenters. The van der Waals surface area contributed by atoms with Crippen molar-refractivity contribution in [2.24, 2.45) is 0 Å². The Hall–Kier alpha value is -3.78. The van der Waals surface area contributed by atoms with Gasteiger partial charge in [0, 0.05) is 40.7 Å². The van der Waals surface area contributed by atoms with Crippen molar-refractivity contribution in [1.82, 2.24) is 20.2 Å². The van der Waals surface area contributed by atoms with E-state index in [4.69, 9.17) is 5.73 Å². The number of nitrogens with one attached hydrogen (secondary N) is 2. The Morgan fingerprint density at radius 1 is 1.03 bits per heavy atom. The van der Waals surface area contributed by atoms with Crippen LogP contribution < -0.4 is 16.4 Å². The summed E-state index contributed by atoms with van der Waals surface area (Å²) in [6, 6.07) is 16.2. The quantitative estimate of drug-likeness (QED) is 0.595. The van der Waals surface area contributed by atoms with Crippen molar-refractivity contribution >= 4 is 23.3 Å². The smallest absolute Gasteiger partial charge is 0.278 e. The van der Waals surface area contributed by atoms with Gasteiger partial charge in [-0.15, -0.1) is 0 Å². The van der Waals surface area contributed by atoms with Gasteiger partial charge in [0.15, 0.2) is 11.5 Å². The first-order valence-corrected chi connectivity index (χ1v) is 10.2. The topological polar surface area (TPSA) is 113 Å². The third-order valence-electron chi connectivity index (χ3n) is 5.10. The van der Waals surface area contributed by atoms with E-state index in [0.29, 0.717) is 23.5 Å². The minimum absolute atomic E-state index is 0. The van der Waals surface area contributed by atoms with E-state index in [1.165, 1.54) is 6.20 Å². The molecule has 164 valence electrons. The van der Waals surface area contributed by atoms with Crippen LogP contribution in [0.2, 0.25) is 0 Å². The zero-order valence-corrected chi connectivity index (χ0v) is 17.0. The molecule has 0 saturated carbocycles. The largest absolute Gasteiger partial charge is 0.382 e. The fourth-order valence-corrected chi connectivity index (χ4v) is 3.43. The highest BCUT2D eigenvalue weighted by Gasteiger charge is 2.18. The highest BCUT2D eigenvalue weighted by molar-refractivity contribution is 6.06. The van der Waals surface area contributed by atoms with Gasteiger partial charge in [-0.1, -0.05) is 30.3 Å². The monoisotopic (exact) mass is 422 g/mol. The van der Waals surface area contributed by atoms with E-state index in [9.17, 15) is 9.59 Å². The molecular formula is C23H30N6O2. The minimum atomic E-state index is -0.431. The van der Waals surface area contributed by atoms with Gasteiger partial charge in [0.1, 0.15) is 0 Å². The second kappa shape index (κ2) is 9.36. The van der Waals surface area contributed by atoms with Crippen molar-refractivity contribution in [1.29, 1.82) is 0 Å². The lowest BCUT2D eigenvalue weighted by Crippen LogP contribution is -2.34. The highest BCUT2D eigenvalue weighted by atomic mass is 16.2. The fraction of sp³-hybridized carbons (Fsp3) is 0.217. The molecule has 31 heavy (non-hydrogen) atoms. The molecule has 1 saturated heterocycles. The fourth-order valence-electron chi connectivity index (χ4n) is 3.43. The number of para-hydroxylation sites is 1. The van der Waals surface area contributed by atoms with E-state index in [-0.39, 0.29) is 21.7 Å². The van der Waals surface area contributed by atoms with Gasteiger partial charge in [-0.25, -0.2) is 9.97 Å². The summed E-state index contributed by atoms with van der Waals surface area (Å²) in [7, 11) is 0. The molecule has 2 aromatic carbocycles. The number of nitrogen functional groups attached to an aromatic ring is 1. The van der Waals surface area contributed by atoms with E-state index in [0.717, 1.165) is 31.6 Å². The Labute approximate surface area is 185 Å². The van der Waals surface area contributed by atoms with Crippen molar-refractivity contribution in [3.05, 3.63) is 72.1 Å². The number of carbonyl (C=O) groups excluding carboxylic acids is 2. The number of hydrogen-bond acceptors (Lipinski definition) is 6. The van der Waals surface area contributed by atoms with Crippen LogP contribution in [0.25, 0.3) is 11.3 Å². The van der Waals surface area contributed by atoms with Gasteiger partial charge in [0.25, 0.3) is 11.8 Å². The molecule has 0 bridgehead atoms. The molecule has 1 aliphatic rings. The number of benzene rings is 2. The zero-order chi connectivity index (χ0) is 21.6. The third kappa shape index (κ3) is 4.87. The molecule has 3 aromatic rings. The van der Waals surface area contributed by atoms with E-state index in [1.54, 1.807) is 24.3 Å². The predicted octanol–water partition coefficient (Wildman–Crippen LogP) is 3.15. The van der Waals surface area contributed by atoms with Gasteiger partial charge in [-0.2, -0.15) is 0 Å². The summed E-state index contributed by atoms with van der Waals surface area (Å²) in [4.78, 5) is 35.8. The number of rotatable bonds is 4. The van der Waals surface area contributed by atoms with Crippen LogP contribution >= 0.6 is 0 Å². The normalized spacial score (nSPS) is 14.0. The molecule has 8 nitrogen and oxygen atoms in total. The van der Waals surface area contributed by atoms with Crippen LogP contribution in [0.15, 0.2) is 60.8 Å². The molecule has 0 aliphatic carbocycles. The maximum atomic E-state index is 12.8. The van der Waals surface area contributed by atoms with E-state index in [2.05, 4.69) is 20.6 Å². The van der Waals surface area contributed by atoms with E-state index >= 15 is 0 Å². The summed E-state index contributed by atoms with van der Waals surface area (Å²) in [5.41, 5.74) is 8.46. The van der Waals surface area contributed by atoms with Gasteiger partial charge in [0.2, 0.25) is 0 Å². The Morgan fingerprint density at radius 2 is 1.81 bits per heavy atom. The number of nitrogens with zero attached hydrogens (tertiary/aromatic N) is 3. The Kier molecular flexibility index (Phi) is 6.18. The SMILES string of the molecule is Nc1ncc(-c2ccc(C(=O)N3CCCNCC3)cc2)nc1C(=O)Nc1ccccc1.[HH].[HH].[HH]. The van der Waals surface area contributed by atoms with Crippen molar-refractivity contribution in [3.8, 4) is 11.3 Å². The van der Waals surface area contributed by atoms with Crippen LogP contribution in [0.3, 0.4) is 0 Å². The predicted molar refractivity (Wildman–Crippen MR) is 126 cm³/mol. The number of hydrogen-bond donors (Lipinski definition) is 3. The number of anilines is 2. The molecule has 4 N–H and O–H groups in total. The van der Waals surface area contributed by atoms with E-state index < -0.39 is 5.91 Å².